The molecule has 0 aliphatic carbocycles. The number of nitrogens with two attached hydrogens (primary N) is 1. The van der Waals surface area contributed by atoms with Crippen LogP contribution >= 0.6 is 27.3 Å². The van der Waals surface area contributed by atoms with Crippen molar-refractivity contribution < 1.29 is 0 Å². The minimum atomic E-state index is 0.354. The van der Waals surface area contributed by atoms with Crippen molar-refractivity contribution in [3.05, 3.63) is 20.8 Å². The van der Waals surface area contributed by atoms with Crippen molar-refractivity contribution in [2.24, 2.45) is 11.7 Å². The maximum absolute atomic E-state index is 5.96. The Labute approximate surface area is 122 Å². The van der Waals surface area contributed by atoms with Crippen LogP contribution in [0.1, 0.15) is 17.3 Å². The van der Waals surface area contributed by atoms with Crippen molar-refractivity contribution in [1.82, 2.24) is 9.80 Å². The highest BCUT2D eigenvalue weighted by Crippen LogP contribution is 2.30. The van der Waals surface area contributed by atoms with Crippen molar-refractivity contribution in [2.45, 2.75) is 12.5 Å². The summed E-state index contributed by atoms with van der Waals surface area (Å²) in [6, 6.07) is 4.65. The molecule has 1 saturated heterocycles. The van der Waals surface area contributed by atoms with Crippen LogP contribution in [-0.4, -0.2) is 50.1 Å². The first-order chi connectivity index (χ1) is 8.60. The summed E-state index contributed by atoms with van der Waals surface area (Å²) in [6.07, 6.45) is 1.31. The number of rotatable bonds is 5. The van der Waals surface area contributed by atoms with E-state index in [1.807, 2.05) is 0 Å². The first-order valence-electron chi connectivity index (χ1n) is 6.44. The van der Waals surface area contributed by atoms with E-state index in [9.17, 15) is 0 Å². The molecule has 2 N–H and O–H groups in total. The number of likely N-dealkylation sites (N-methyl/N-ethyl adjacent to an activating group) is 1. The summed E-state index contributed by atoms with van der Waals surface area (Å²) in [5.41, 5.74) is 5.96. The molecule has 0 saturated carbocycles. The largest absolute Gasteiger partial charge is 0.329 e. The van der Waals surface area contributed by atoms with Crippen LogP contribution in [0.25, 0.3) is 0 Å². The lowest BCUT2D eigenvalue weighted by atomic mass is 10.1. The number of nitrogens with zero attached hydrogens (tertiary/aromatic N) is 2. The molecule has 2 rings (SSSR count). The summed E-state index contributed by atoms with van der Waals surface area (Å²) in [7, 11) is 4.40. The lowest BCUT2D eigenvalue weighted by Gasteiger charge is -2.28. The van der Waals surface area contributed by atoms with Gasteiger partial charge in [0.15, 0.2) is 0 Å². The smallest absolute Gasteiger partial charge is 0.0702 e. The van der Waals surface area contributed by atoms with Crippen molar-refractivity contribution in [2.75, 3.05) is 40.3 Å². The van der Waals surface area contributed by atoms with Gasteiger partial charge in [-0.3, -0.25) is 4.90 Å². The monoisotopic (exact) mass is 331 g/mol. The van der Waals surface area contributed by atoms with Gasteiger partial charge in [0.05, 0.1) is 9.83 Å². The van der Waals surface area contributed by atoms with Crippen LogP contribution in [-0.2, 0) is 0 Å². The van der Waals surface area contributed by atoms with Gasteiger partial charge in [0.1, 0.15) is 0 Å². The normalized spacial score (nSPS) is 22.8. The van der Waals surface area contributed by atoms with E-state index in [1.54, 1.807) is 11.3 Å². The number of halogens is 1. The Morgan fingerprint density at radius 1 is 1.61 bits per heavy atom. The third-order valence-electron chi connectivity index (χ3n) is 3.71. The second kappa shape index (κ2) is 6.48. The van der Waals surface area contributed by atoms with Crippen molar-refractivity contribution in [3.63, 3.8) is 0 Å². The van der Waals surface area contributed by atoms with Crippen LogP contribution in [0.4, 0.5) is 0 Å². The zero-order chi connectivity index (χ0) is 13.1. The molecule has 2 atom stereocenters. The van der Waals surface area contributed by atoms with Crippen LogP contribution in [0.3, 0.4) is 0 Å². The quantitative estimate of drug-likeness (QED) is 0.899. The third kappa shape index (κ3) is 3.54. The van der Waals surface area contributed by atoms with Crippen LogP contribution in [0, 0.1) is 5.92 Å². The average Bonchev–Trinajstić information content (AvgIpc) is 2.89. The Hall–Kier alpha value is 0.0600. The molecular formula is C13H22BrN3S. The molecule has 1 fully saturated rings. The van der Waals surface area contributed by atoms with E-state index in [4.69, 9.17) is 5.73 Å². The lowest BCUT2D eigenvalue weighted by Crippen LogP contribution is -2.34. The number of thiophene rings is 1. The third-order valence-corrected chi connectivity index (χ3v) is 5.44. The first kappa shape index (κ1) is 14.5. The molecule has 1 aliphatic heterocycles. The molecule has 1 aliphatic rings. The molecule has 18 heavy (non-hydrogen) atoms. The van der Waals surface area contributed by atoms with E-state index < -0.39 is 0 Å². The average molecular weight is 332 g/mol. The standard InChI is InChI=1S/C13H22BrN3S/c1-16-6-5-10(8-16)9-17(2)11(7-15)12-3-4-13(14)18-12/h3-4,10-11H,5-9,15H2,1-2H3. The summed E-state index contributed by atoms with van der Waals surface area (Å²) >= 11 is 5.32. The second-order valence-electron chi connectivity index (χ2n) is 5.25. The predicted molar refractivity (Wildman–Crippen MR) is 82.0 cm³/mol. The molecule has 0 spiro atoms. The highest BCUT2D eigenvalue weighted by molar-refractivity contribution is 9.11. The number of likely N-dealkylation sites (tertiary alicyclic amines) is 1. The van der Waals surface area contributed by atoms with Gasteiger partial charge in [0.2, 0.25) is 0 Å². The number of hydrogen-bond donors (Lipinski definition) is 1. The van der Waals surface area contributed by atoms with Gasteiger partial charge in [-0.2, -0.15) is 0 Å². The minimum Gasteiger partial charge on any atom is -0.329 e. The highest BCUT2D eigenvalue weighted by atomic mass is 79.9. The van der Waals surface area contributed by atoms with Gasteiger partial charge in [-0.05, 0) is 61.0 Å². The summed E-state index contributed by atoms with van der Waals surface area (Å²) in [6.45, 7) is 4.28. The lowest BCUT2D eigenvalue weighted by molar-refractivity contribution is 0.214. The van der Waals surface area contributed by atoms with Crippen molar-refractivity contribution in [3.8, 4) is 0 Å². The van der Waals surface area contributed by atoms with Crippen LogP contribution < -0.4 is 5.73 Å². The van der Waals surface area contributed by atoms with Gasteiger partial charge in [-0.25, -0.2) is 0 Å². The zero-order valence-corrected chi connectivity index (χ0v) is 13.5. The van der Waals surface area contributed by atoms with E-state index in [-0.39, 0.29) is 0 Å². The summed E-state index contributed by atoms with van der Waals surface area (Å²) in [5.74, 6) is 0.789. The van der Waals surface area contributed by atoms with Gasteiger partial charge in [-0.15, -0.1) is 11.3 Å². The molecule has 5 heteroatoms. The van der Waals surface area contributed by atoms with E-state index in [1.165, 1.54) is 28.2 Å². The highest BCUT2D eigenvalue weighted by Gasteiger charge is 2.24. The molecule has 1 aromatic rings. The molecule has 3 nitrogen and oxygen atoms in total. The van der Waals surface area contributed by atoms with E-state index in [0.29, 0.717) is 12.6 Å². The van der Waals surface area contributed by atoms with Crippen molar-refractivity contribution in [1.29, 1.82) is 0 Å². The summed E-state index contributed by atoms with van der Waals surface area (Å²) < 4.78 is 1.19. The van der Waals surface area contributed by atoms with Gasteiger partial charge < -0.3 is 10.6 Å². The fourth-order valence-corrected chi connectivity index (χ4v) is 4.33. The molecule has 2 unspecified atom stereocenters. The minimum absolute atomic E-state index is 0.354. The van der Waals surface area contributed by atoms with Gasteiger partial charge in [0, 0.05) is 24.5 Å². The van der Waals surface area contributed by atoms with Gasteiger partial charge in [0.25, 0.3) is 0 Å². The summed E-state index contributed by atoms with van der Waals surface area (Å²) in [5, 5.41) is 0. The Bertz CT molecular complexity index is 382. The molecule has 0 radical (unpaired) electrons. The SMILES string of the molecule is CN1CCC(CN(C)C(CN)c2ccc(Br)s2)C1. The maximum Gasteiger partial charge on any atom is 0.0702 e. The summed E-state index contributed by atoms with van der Waals surface area (Å²) in [4.78, 5) is 6.19. The molecule has 102 valence electrons. The fraction of sp³-hybridized carbons (Fsp3) is 0.692. The predicted octanol–water partition coefficient (Wildman–Crippen LogP) is 2.39. The van der Waals surface area contributed by atoms with Gasteiger partial charge in [-0.1, -0.05) is 0 Å². The molecule has 0 aromatic carbocycles. The Kier molecular flexibility index (Phi) is 5.21. The molecule has 0 amide bonds. The van der Waals surface area contributed by atoms with E-state index in [2.05, 4.69) is 52.0 Å². The van der Waals surface area contributed by atoms with Crippen LogP contribution in [0.15, 0.2) is 15.9 Å². The second-order valence-corrected chi connectivity index (χ2v) is 7.74. The number of hydrogen-bond acceptors (Lipinski definition) is 4. The molecule has 2 heterocycles. The zero-order valence-electron chi connectivity index (χ0n) is 11.1. The fourth-order valence-electron chi connectivity index (χ4n) is 2.73. The molecular weight excluding hydrogens is 310 g/mol. The Balaban J connectivity index is 1.95. The first-order valence-corrected chi connectivity index (χ1v) is 8.05. The topological polar surface area (TPSA) is 32.5 Å². The van der Waals surface area contributed by atoms with Crippen molar-refractivity contribution >= 4 is 27.3 Å². The Morgan fingerprint density at radius 2 is 2.39 bits per heavy atom. The Morgan fingerprint density at radius 3 is 2.89 bits per heavy atom. The van der Waals surface area contributed by atoms with Crippen LogP contribution in [0.2, 0.25) is 0 Å². The van der Waals surface area contributed by atoms with E-state index in [0.717, 1.165) is 12.5 Å². The van der Waals surface area contributed by atoms with Crippen LogP contribution in [0.5, 0.6) is 0 Å². The van der Waals surface area contributed by atoms with Gasteiger partial charge >= 0.3 is 0 Å². The molecule has 1 aromatic heterocycles. The van der Waals surface area contributed by atoms with E-state index >= 15 is 0 Å². The maximum atomic E-state index is 5.96. The molecule has 0 bridgehead atoms.